The first-order chi connectivity index (χ1) is 12.9. The molecule has 2 rings (SSSR count). The van der Waals surface area contributed by atoms with E-state index in [2.05, 4.69) is 4.72 Å². The number of carboxylic acids is 1. The predicted molar refractivity (Wildman–Crippen MR) is 112 cm³/mol. The van der Waals surface area contributed by atoms with Crippen molar-refractivity contribution in [3.63, 3.8) is 0 Å². The van der Waals surface area contributed by atoms with Crippen LogP contribution in [0.5, 0.6) is 0 Å². The van der Waals surface area contributed by atoms with Crippen LogP contribution >= 0.6 is 11.6 Å². The number of hydrogen-bond donors (Lipinski definition) is 2. The Balaban J connectivity index is 2.60. The molecule has 0 aliphatic carbocycles. The fourth-order valence-electron chi connectivity index (χ4n) is 2.97. The van der Waals surface area contributed by atoms with E-state index in [4.69, 9.17) is 11.6 Å². The average Bonchev–Trinajstić information content (AvgIpc) is 2.55. The van der Waals surface area contributed by atoms with Crippen LogP contribution in [-0.2, 0) is 16.2 Å². The number of carbonyl (C=O) groups is 1. The molecule has 0 fully saturated rings. The SMILES string of the molecule is Cc1cccc(C)c1-c1cc(Cl)c(F)c([C@H](CC(=O)O)N[S+]([O-])C(C)(C)C)c1. The van der Waals surface area contributed by atoms with Crippen molar-refractivity contribution in [2.24, 2.45) is 0 Å². The van der Waals surface area contributed by atoms with Gasteiger partial charge in [0.15, 0.2) is 0 Å². The number of aliphatic carboxylic acids is 1. The highest BCUT2D eigenvalue weighted by Gasteiger charge is 2.32. The monoisotopic (exact) mass is 425 g/mol. The second-order valence-electron chi connectivity index (χ2n) is 7.78. The third-order valence-electron chi connectivity index (χ3n) is 4.39. The third kappa shape index (κ3) is 5.26. The van der Waals surface area contributed by atoms with Crippen LogP contribution < -0.4 is 4.72 Å². The van der Waals surface area contributed by atoms with E-state index in [9.17, 15) is 18.8 Å². The lowest BCUT2D eigenvalue weighted by molar-refractivity contribution is -0.137. The van der Waals surface area contributed by atoms with Crippen molar-refractivity contribution in [1.29, 1.82) is 0 Å². The quantitative estimate of drug-likeness (QED) is 0.613. The standard InChI is InChI=1S/C21H25ClFNO3S/c1-12-7-6-8-13(2)19(12)14-9-15(20(23)16(22)10-14)17(11-18(25)26)24-28(27)21(3,4)5/h6-10,17,24H,11H2,1-5H3,(H,25,26)/t17-,28?/m0/s1. The van der Waals surface area contributed by atoms with Crippen molar-refractivity contribution >= 4 is 28.9 Å². The van der Waals surface area contributed by atoms with Crippen molar-refractivity contribution in [2.75, 3.05) is 0 Å². The van der Waals surface area contributed by atoms with Gasteiger partial charge in [0.1, 0.15) is 10.6 Å². The molecule has 2 N–H and O–H groups in total. The normalized spacial score (nSPS) is 14.0. The van der Waals surface area contributed by atoms with Gasteiger partial charge in [0.2, 0.25) is 0 Å². The first-order valence-corrected chi connectivity index (χ1v) is 10.4. The van der Waals surface area contributed by atoms with Gasteiger partial charge in [0, 0.05) is 16.9 Å². The molecule has 0 aliphatic rings. The van der Waals surface area contributed by atoms with Gasteiger partial charge in [-0.3, -0.25) is 4.79 Å². The van der Waals surface area contributed by atoms with Crippen LogP contribution in [0.2, 0.25) is 5.02 Å². The molecule has 7 heteroatoms. The zero-order chi connectivity index (χ0) is 21.2. The van der Waals surface area contributed by atoms with Crippen LogP contribution in [0.4, 0.5) is 4.39 Å². The first-order valence-electron chi connectivity index (χ1n) is 8.87. The molecular weight excluding hydrogens is 401 g/mol. The van der Waals surface area contributed by atoms with Crippen LogP contribution in [0.1, 0.15) is 49.9 Å². The molecule has 4 nitrogen and oxygen atoms in total. The van der Waals surface area contributed by atoms with Gasteiger partial charge in [-0.2, -0.15) is 0 Å². The van der Waals surface area contributed by atoms with Crippen molar-refractivity contribution in [1.82, 2.24) is 4.72 Å². The summed E-state index contributed by atoms with van der Waals surface area (Å²) in [5, 5.41) is 9.20. The number of carboxylic acid groups (broad SMARTS) is 1. The number of rotatable bonds is 6. The van der Waals surface area contributed by atoms with Gasteiger partial charge in [-0.05, 0) is 69.0 Å². The maximum Gasteiger partial charge on any atom is 0.305 e. The second kappa shape index (κ2) is 8.82. The molecule has 0 bridgehead atoms. The molecule has 0 saturated carbocycles. The smallest absolute Gasteiger partial charge is 0.305 e. The molecule has 0 saturated heterocycles. The van der Waals surface area contributed by atoms with E-state index in [1.165, 1.54) is 6.07 Å². The summed E-state index contributed by atoms with van der Waals surface area (Å²) < 4.78 is 29.6. The third-order valence-corrected chi connectivity index (χ3v) is 6.27. The lowest BCUT2D eigenvalue weighted by Gasteiger charge is -2.28. The largest absolute Gasteiger partial charge is 0.598 e. The number of hydrogen-bond acceptors (Lipinski definition) is 3. The highest BCUT2D eigenvalue weighted by Crippen LogP contribution is 2.35. The summed E-state index contributed by atoms with van der Waals surface area (Å²) in [4.78, 5) is 11.4. The summed E-state index contributed by atoms with van der Waals surface area (Å²) in [6, 6.07) is 7.97. The van der Waals surface area contributed by atoms with Crippen LogP contribution in [0, 0.1) is 19.7 Å². The van der Waals surface area contributed by atoms with Gasteiger partial charge < -0.3 is 9.66 Å². The van der Waals surface area contributed by atoms with Crippen LogP contribution in [0.15, 0.2) is 30.3 Å². The molecule has 1 unspecified atom stereocenters. The van der Waals surface area contributed by atoms with Crippen molar-refractivity contribution in [2.45, 2.75) is 51.8 Å². The topological polar surface area (TPSA) is 72.4 Å². The molecule has 28 heavy (non-hydrogen) atoms. The van der Waals surface area contributed by atoms with Gasteiger partial charge in [0.25, 0.3) is 0 Å². The van der Waals surface area contributed by atoms with Gasteiger partial charge in [-0.1, -0.05) is 29.8 Å². The molecule has 2 aromatic rings. The Kier molecular flexibility index (Phi) is 7.15. The zero-order valence-electron chi connectivity index (χ0n) is 16.6. The maximum atomic E-state index is 14.9. The molecular formula is C21H25ClFNO3S. The summed E-state index contributed by atoms with van der Waals surface area (Å²) in [5.41, 5.74) is 3.68. The highest BCUT2D eigenvalue weighted by molar-refractivity contribution is 7.90. The Morgan fingerprint density at radius 3 is 2.36 bits per heavy atom. The fraction of sp³-hybridized carbons (Fsp3) is 0.381. The Bertz CT molecular complexity index is 862. The predicted octanol–water partition coefficient (Wildman–Crippen LogP) is 5.33. The van der Waals surface area contributed by atoms with E-state index in [0.717, 1.165) is 16.7 Å². The number of benzene rings is 2. The van der Waals surface area contributed by atoms with E-state index in [-0.39, 0.29) is 10.6 Å². The minimum atomic E-state index is -1.58. The highest BCUT2D eigenvalue weighted by atomic mass is 35.5. The second-order valence-corrected chi connectivity index (χ2v) is 10.2. The summed E-state index contributed by atoms with van der Waals surface area (Å²) in [7, 11) is 0. The van der Waals surface area contributed by atoms with E-state index in [0.29, 0.717) is 5.56 Å². The number of aryl methyl sites for hydroxylation is 2. The molecule has 0 spiro atoms. The average molecular weight is 426 g/mol. The first kappa shape index (κ1) is 22.7. The fourth-order valence-corrected chi connectivity index (χ4v) is 4.02. The molecule has 0 heterocycles. The van der Waals surface area contributed by atoms with Crippen LogP contribution in [-0.4, -0.2) is 20.4 Å². The summed E-state index contributed by atoms with van der Waals surface area (Å²) in [6.45, 7) is 9.15. The maximum absolute atomic E-state index is 14.9. The zero-order valence-corrected chi connectivity index (χ0v) is 18.2. The van der Waals surface area contributed by atoms with E-state index in [1.807, 2.05) is 32.0 Å². The van der Waals surface area contributed by atoms with Gasteiger partial charge in [-0.15, -0.1) is 4.72 Å². The van der Waals surface area contributed by atoms with E-state index < -0.39 is 40.4 Å². The minimum Gasteiger partial charge on any atom is -0.598 e. The van der Waals surface area contributed by atoms with Gasteiger partial charge in [-0.25, -0.2) is 4.39 Å². The summed E-state index contributed by atoms with van der Waals surface area (Å²) in [5.74, 6) is -1.84. The van der Waals surface area contributed by atoms with Gasteiger partial charge in [0.05, 0.1) is 17.5 Å². The van der Waals surface area contributed by atoms with Crippen molar-refractivity contribution in [3.8, 4) is 11.1 Å². The molecule has 0 aromatic heterocycles. The molecule has 2 atom stereocenters. The Morgan fingerprint density at radius 1 is 1.29 bits per heavy atom. The summed E-state index contributed by atoms with van der Waals surface area (Å²) >= 11 is 4.57. The van der Waals surface area contributed by atoms with Gasteiger partial charge >= 0.3 is 5.97 Å². The lowest BCUT2D eigenvalue weighted by atomic mass is 9.92. The minimum absolute atomic E-state index is 0.0881. The molecule has 152 valence electrons. The number of halogens is 2. The molecule has 2 aromatic carbocycles. The van der Waals surface area contributed by atoms with E-state index in [1.54, 1.807) is 26.8 Å². The Morgan fingerprint density at radius 2 is 1.86 bits per heavy atom. The van der Waals surface area contributed by atoms with Crippen molar-refractivity contribution in [3.05, 3.63) is 57.9 Å². The molecule has 0 radical (unpaired) electrons. The molecule has 0 amide bonds. The van der Waals surface area contributed by atoms with E-state index >= 15 is 0 Å². The molecule has 0 aliphatic heterocycles. The Hall–Kier alpha value is -1.60. The van der Waals surface area contributed by atoms with Crippen molar-refractivity contribution < 1.29 is 18.8 Å². The van der Waals surface area contributed by atoms with Crippen LogP contribution in [0.25, 0.3) is 11.1 Å². The van der Waals surface area contributed by atoms with Crippen LogP contribution in [0.3, 0.4) is 0 Å². The number of nitrogens with one attached hydrogen (secondary N) is 1. The summed E-state index contributed by atoms with van der Waals surface area (Å²) in [6.07, 6.45) is -0.425. The Labute approximate surface area is 173 Å². The lowest BCUT2D eigenvalue weighted by Crippen LogP contribution is -2.42.